The molecule has 0 unspecified atom stereocenters. The maximum atomic E-state index is 12.3. The van der Waals surface area contributed by atoms with Gasteiger partial charge in [-0.15, -0.1) is 0 Å². The molecule has 2 aromatic rings. The van der Waals surface area contributed by atoms with Crippen LogP contribution in [-0.2, 0) is 4.79 Å². The third kappa shape index (κ3) is 4.39. The first-order chi connectivity index (χ1) is 11.0. The molecule has 1 N–H and O–H groups in total. The van der Waals surface area contributed by atoms with E-state index < -0.39 is 0 Å². The summed E-state index contributed by atoms with van der Waals surface area (Å²) >= 11 is 6.11. The highest BCUT2D eigenvalue weighted by Crippen LogP contribution is 2.36. The van der Waals surface area contributed by atoms with Crippen LogP contribution < -0.4 is 14.8 Å². The van der Waals surface area contributed by atoms with E-state index in [0.717, 1.165) is 5.56 Å². The van der Waals surface area contributed by atoms with Gasteiger partial charge in [0.25, 0.3) is 0 Å². The first-order valence-electron chi connectivity index (χ1n) is 7.31. The van der Waals surface area contributed by atoms with Crippen molar-refractivity contribution in [2.24, 2.45) is 0 Å². The van der Waals surface area contributed by atoms with Crippen LogP contribution in [0, 0.1) is 0 Å². The first-order valence-corrected chi connectivity index (χ1v) is 7.69. The lowest BCUT2D eigenvalue weighted by Crippen LogP contribution is -2.15. The van der Waals surface area contributed by atoms with E-state index in [2.05, 4.69) is 5.32 Å². The van der Waals surface area contributed by atoms with Gasteiger partial charge in [-0.25, -0.2) is 0 Å². The number of methoxy groups -OCH3 is 2. The van der Waals surface area contributed by atoms with Crippen LogP contribution in [0.15, 0.2) is 42.5 Å². The summed E-state index contributed by atoms with van der Waals surface area (Å²) in [4.78, 5) is 12.3. The van der Waals surface area contributed by atoms with Crippen LogP contribution in [0.25, 0.3) is 0 Å². The standard InChI is InChI=1S/C18H20ClNO3/c1-12(13-7-5-4-6-8-13)9-18(21)20-15-10-14(19)16(22-2)11-17(15)23-3/h4-8,10-12H,9H2,1-3H3,(H,20,21)/t12-/m1/s1. The molecule has 1 amide bonds. The van der Waals surface area contributed by atoms with Crippen molar-refractivity contribution >= 4 is 23.2 Å². The molecule has 0 heterocycles. The zero-order valence-electron chi connectivity index (χ0n) is 13.4. The Balaban J connectivity index is 2.09. The zero-order chi connectivity index (χ0) is 16.8. The molecular weight excluding hydrogens is 314 g/mol. The van der Waals surface area contributed by atoms with E-state index in [1.165, 1.54) is 14.2 Å². The van der Waals surface area contributed by atoms with Crippen LogP contribution >= 0.6 is 11.6 Å². The summed E-state index contributed by atoms with van der Waals surface area (Å²) in [5.74, 6) is 1.03. The minimum absolute atomic E-state index is 0.0964. The molecule has 2 aromatic carbocycles. The van der Waals surface area contributed by atoms with Crippen molar-refractivity contribution < 1.29 is 14.3 Å². The molecule has 0 aromatic heterocycles. The average Bonchev–Trinajstić information content (AvgIpc) is 2.55. The SMILES string of the molecule is COc1cc(OC)c(NC(=O)C[C@@H](C)c2ccccc2)cc1Cl. The minimum Gasteiger partial charge on any atom is -0.495 e. The predicted molar refractivity (Wildman–Crippen MR) is 92.7 cm³/mol. The van der Waals surface area contributed by atoms with Crippen molar-refractivity contribution in [3.05, 3.63) is 53.1 Å². The van der Waals surface area contributed by atoms with E-state index in [4.69, 9.17) is 21.1 Å². The Morgan fingerprint density at radius 3 is 2.39 bits per heavy atom. The number of carbonyl (C=O) groups is 1. The smallest absolute Gasteiger partial charge is 0.225 e. The Hall–Kier alpha value is -2.20. The van der Waals surface area contributed by atoms with E-state index in [1.807, 2.05) is 37.3 Å². The zero-order valence-corrected chi connectivity index (χ0v) is 14.2. The molecule has 0 spiro atoms. The average molecular weight is 334 g/mol. The van der Waals surface area contributed by atoms with Crippen molar-refractivity contribution in [1.29, 1.82) is 0 Å². The quantitative estimate of drug-likeness (QED) is 0.847. The van der Waals surface area contributed by atoms with Gasteiger partial charge in [-0.05, 0) is 17.5 Å². The van der Waals surface area contributed by atoms with E-state index in [-0.39, 0.29) is 11.8 Å². The van der Waals surface area contributed by atoms with Crippen LogP contribution in [0.5, 0.6) is 11.5 Å². The fourth-order valence-corrected chi connectivity index (χ4v) is 2.58. The summed E-state index contributed by atoms with van der Waals surface area (Å²) in [5, 5.41) is 3.27. The second-order valence-electron chi connectivity index (χ2n) is 5.25. The van der Waals surface area contributed by atoms with Crippen LogP contribution in [0.2, 0.25) is 5.02 Å². The molecule has 0 saturated carbocycles. The van der Waals surface area contributed by atoms with Crippen molar-refractivity contribution in [1.82, 2.24) is 0 Å². The molecule has 4 nitrogen and oxygen atoms in total. The van der Waals surface area contributed by atoms with E-state index in [0.29, 0.717) is 28.6 Å². The van der Waals surface area contributed by atoms with Crippen LogP contribution in [0.4, 0.5) is 5.69 Å². The van der Waals surface area contributed by atoms with Crippen LogP contribution in [-0.4, -0.2) is 20.1 Å². The van der Waals surface area contributed by atoms with Gasteiger partial charge < -0.3 is 14.8 Å². The summed E-state index contributed by atoms with van der Waals surface area (Å²) in [6.07, 6.45) is 0.372. The number of ether oxygens (including phenoxy) is 2. The molecule has 1 atom stereocenters. The van der Waals surface area contributed by atoms with Gasteiger partial charge >= 0.3 is 0 Å². The fraction of sp³-hybridized carbons (Fsp3) is 0.278. The van der Waals surface area contributed by atoms with E-state index >= 15 is 0 Å². The summed E-state index contributed by atoms with van der Waals surface area (Å²) in [7, 11) is 3.06. The molecule has 0 bridgehead atoms. The van der Waals surface area contributed by atoms with Gasteiger partial charge in [0.1, 0.15) is 11.5 Å². The largest absolute Gasteiger partial charge is 0.495 e. The van der Waals surface area contributed by atoms with Gasteiger partial charge in [0.2, 0.25) is 5.91 Å². The lowest BCUT2D eigenvalue weighted by atomic mass is 9.97. The highest BCUT2D eigenvalue weighted by Gasteiger charge is 2.15. The van der Waals surface area contributed by atoms with Gasteiger partial charge in [-0.2, -0.15) is 0 Å². The normalized spacial score (nSPS) is 11.7. The van der Waals surface area contributed by atoms with Gasteiger partial charge in [0.15, 0.2) is 0 Å². The monoisotopic (exact) mass is 333 g/mol. The Morgan fingerprint density at radius 2 is 1.78 bits per heavy atom. The Morgan fingerprint density at radius 1 is 1.13 bits per heavy atom. The summed E-state index contributed by atoms with van der Waals surface area (Å²) < 4.78 is 10.4. The highest BCUT2D eigenvalue weighted by molar-refractivity contribution is 6.32. The third-order valence-electron chi connectivity index (χ3n) is 3.61. The fourth-order valence-electron chi connectivity index (χ4n) is 2.34. The second kappa shape index (κ2) is 7.88. The molecule has 0 saturated heterocycles. The molecule has 122 valence electrons. The number of hydrogen-bond donors (Lipinski definition) is 1. The first kappa shape index (κ1) is 17.2. The molecule has 2 rings (SSSR count). The molecule has 23 heavy (non-hydrogen) atoms. The molecule has 0 aliphatic carbocycles. The molecular formula is C18H20ClNO3. The summed E-state index contributed by atoms with van der Waals surface area (Å²) in [5.41, 5.74) is 1.66. The van der Waals surface area contributed by atoms with Crippen molar-refractivity contribution in [3.8, 4) is 11.5 Å². The summed E-state index contributed by atoms with van der Waals surface area (Å²) in [6, 6.07) is 13.2. The Bertz CT molecular complexity index is 673. The lowest BCUT2D eigenvalue weighted by molar-refractivity contribution is -0.116. The third-order valence-corrected chi connectivity index (χ3v) is 3.90. The lowest BCUT2D eigenvalue weighted by Gasteiger charge is -2.15. The van der Waals surface area contributed by atoms with Gasteiger partial charge in [0, 0.05) is 12.5 Å². The van der Waals surface area contributed by atoms with Crippen molar-refractivity contribution in [2.45, 2.75) is 19.3 Å². The Labute approximate surface area is 141 Å². The maximum absolute atomic E-state index is 12.3. The van der Waals surface area contributed by atoms with Crippen molar-refractivity contribution in [2.75, 3.05) is 19.5 Å². The van der Waals surface area contributed by atoms with Crippen molar-refractivity contribution in [3.63, 3.8) is 0 Å². The number of benzene rings is 2. The van der Waals surface area contributed by atoms with Crippen LogP contribution in [0.3, 0.4) is 0 Å². The molecule has 0 fully saturated rings. The molecule has 0 radical (unpaired) electrons. The highest BCUT2D eigenvalue weighted by atomic mass is 35.5. The Kier molecular flexibility index (Phi) is 5.88. The number of rotatable bonds is 6. The van der Waals surface area contributed by atoms with Crippen LogP contribution in [0.1, 0.15) is 24.8 Å². The van der Waals surface area contributed by atoms with Gasteiger partial charge in [0.05, 0.1) is 24.9 Å². The number of halogens is 1. The second-order valence-corrected chi connectivity index (χ2v) is 5.66. The number of hydrogen-bond acceptors (Lipinski definition) is 3. The maximum Gasteiger partial charge on any atom is 0.225 e. The topological polar surface area (TPSA) is 47.6 Å². The number of anilines is 1. The minimum atomic E-state index is -0.0964. The number of carbonyl (C=O) groups excluding carboxylic acids is 1. The molecule has 5 heteroatoms. The molecule has 0 aliphatic heterocycles. The number of nitrogens with one attached hydrogen (secondary N) is 1. The van der Waals surface area contributed by atoms with Gasteiger partial charge in [-0.3, -0.25) is 4.79 Å². The van der Waals surface area contributed by atoms with Gasteiger partial charge in [-0.1, -0.05) is 48.9 Å². The summed E-state index contributed by atoms with van der Waals surface area (Å²) in [6.45, 7) is 2.02. The number of amides is 1. The predicted octanol–water partition coefficient (Wildman–Crippen LogP) is 4.49. The van der Waals surface area contributed by atoms with E-state index in [1.54, 1.807) is 12.1 Å². The van der Waals surface area contributed by atoms with E-state index in [9.17, 15) is 4.79 Å². The molecule has 0 aliphatic rings.